The standard InChI is InChI=1S/C28H22BrCl3N4O/c1-2-23-24(26-34-35-27(37-26)28(13-14-28)16-3-7-18(30)8-4-16)33-25(21-12-9-19(31)15-22(21)32)36(23)20-10-5-17(29)6-11-20/h3-12,15,26,34H,2,13-14H2,1H3. The predicted octanol–water partition coefficient (Wildman–Crippen LogP) is 8.49. The minimum atomic E-state index is -0.517. The fourth-order valence-electron chi connectivity index (χ4n) is 4.88. The fraction of sp³-hybridized carbons (Fsp3) is 0.214. The van der Waals surface area contributed by atoms with Crippen LogP contribution in [0, 0.1) is 0 Å². The number of aromatic nitrogens is 2. The van der Waals surface area contributed by atoms with Gasteiger partial charge >= 0.3 is 0 Å². The molecule has 2 heterocycles. The Labute approximate surface area is 238 Å². The third-order valence-corrected chi connectivity index (χ3v) is 8.24. The predicted molar refractivity (Wildman–Crippen MR) is 153 cm³/mol. The van der Waals surface area contributed by atoms with E-state index in [1.54, 1.807) is 6.07 Å². The van der Waals surface area contributed by atoms with E-state index in [0.717, 1.165) is 51.9 Å². The van der Waals surface area contributed by atoms with Gasteiger partial charge in [0.15, 0.2) is 0 Å². The molecule has 5 nitrogen and oxygen atoms in total. The first kappa shape index (κ1) is 24.8. The Bertz CT molecular complexity index is 1510. The van der Waals surface area contributed by atoms with Crippen molar-refractivity contribution in [3.63, 3.8) is 0 Å². The maximum Gasteiger partial charge on any atom is 0.231 e. The van der Waals surface area contributed by atoms with Crippen molar-refractivity contribution in [3.05, 3.63) is 103 Å². The number of benzene rings is 3. The maximum absolute atomic E-state index is 6.66. The minimum absolute atomic E-state index is 0.227. The summed E-state index contributed by atoms with van der Waals surface area (Å²) in [6, 6.07) is 21.5. The summed E-state index contributed by atoms with van der Waals surface area (Å²) in [5.74, 6) is 1.40. The average Bonchev–Trinajstić information content (AvgIpc) is 3.38. The van der Waals surface area contributed by atoms with Crippen LogP contribution in [0.4, 0.5) is 0 Å². The van der Waals surface area contributed by atoms with E-state index in [2.05, 4.69) is 50.1 Å². The summed E-state index contributed by atoms with van der Waals surface area (Å²) in [6.45, 7) is 2.11. The van der Waals surface area contributed by atoms with Crippen molar-refractivity contribution in [2.24, 2.45) is 5.10 Å². The summed E-state index contributed by atoms with van der Waals surface area (Å²) in [7, 11) is 0. The zero-order valence-electron chi connectivity index (χ0n) is 19.8. The lowest BCUT2D eigenvalue weighted by molar-refractivity contribution is 0.177. The van der Waals surface area contributed by atoms with Gasteiger partial charge in [0.1, 0.15) is 11.5 Å². The average molecular weight is 617 g/mol. The molecule has 37 heavy (non-hydrogen) atoms. The molecule has 0 saturated heterocycles. The highest BCUT2D eigenvalue weighted by molar-refractivity contribution is 9.10. The van der Waals surface area contributed by atoms with Crippen LogP contribution in [-0.4, -0.2) is 15.4 Å². The van der Waals surface area contributed by atoms with Crippen LogP contribution in [-0.2, 0) is 16.6 Å². The highest BCUT2D eigenvalue weighted by Gasteiger charge is 2.53. The Hall–Kier alpha value is -2.51. The van der Waals surface area contributed by atoms with E-state index in [1.165, 1.54) is 0 Å². The van der Waals surface area contributed by atoms with Gasteiger partial charge < -0.3 is 4.74 Å². The third kappa shape index (κ3) is 4.44. The van der Waals surface area contributed by atoms with Crippen molar-refractivity contribution in [2.75, 3.05) is 0 Å². The lowest BCUT2D eigenvalue weighted by Gasteiger charge is -2.17. The van der Waals surface area contributed by atoms with Crippen LogP contribution in [0.1, 0.15) is 42.9 Å². The van der Waals surface area contributed by atoms with E-state index in [1.807, 2.05) is 48.5 Å². The van der Waals surface area contributed by atoms with Crippen molar-refractivity contribution < 1.29 is 4.74 Å². The molecule has 2 aliphatic rings. The molecule has 188 valence electrons. The smallest absolute Gasteiger partial charge is 0.231 e. The molecule has 1 aliphatic heterocycles. The van der Waals surface area contributed by atoms with Crippen LogP contribution >= 0.6 is 50.7 Å². The highest BCUT2D eigenvalue weighted by atomic mass is 79.9. The topological polar surface area (TPSA) is 51.4 Å². The number of hydrogen-bond acceptors (Lipinski definition) is 4. The maximum atomic E-state index is 6.66. The molecule has 0 radical (unpaired) electrons. The van der Waals surface area contributed by atoms with Gasteiger partial charge in [0, 0.05) is 25.8 Å². The van der Waals surface area contributed by atoms with E-state index in [-0.39, 0.29) is 5.41 Å². The van der Waals surface area contributed by atoms with E-state index in [9.17, 15) is 0 Å². The molecule has 1 unspecified atom stereocenters. The SMILES string of the molecule is CCc1c(C2NN=C(C3(c4ccc(Cl)cc4)CC3)O2)nc(-c2ccc(Cl)cc2Cl)n1-c1ccc(Br)cc1. The largest absolute Gasteiger partial charge is 0.448 e. The number of rotatable bonds is 6. The van der Waals surface area contributed by atoms with Crippen molar-refractivity contribution in [1.82, 2.24) is 15.0 Å². The zero-order valence-corrected chi connectivity index (χ0v) is 23.7. The van der Waals surface area contributed by atoms with Gasteiger partial charge in [-0.15, -0.1) is 5.10 Å². The zero-order chi connectivity index (χ0) is 25.7. The van der Waals surface area contributed by atoms with Gasteiger partial charge in [-0.3, -0.25) is 9.99 Å². The number of ether oxygens (including phenoxy) is 1. The molecule has 6 rings (SSSR count). The van der Waals surface area contributed by atoms with Crippen molar-refractivity contribution in [1.29, 1.82) is 0 Å². The third-order valence-electron chi connectivity index (χ3n) is 6.91. The van der Waals surface area contributed by atoms with E-state index in [4.69, 9.17) is 44.5 Å². The first-order chi connectivity index (χ1) is 17.9. The first-order valence-corrected chi connectivity index (χ1v) is 13.9. The Morgan fingerprint density at radius 1 is 1.00 bits per heavy atom. The summed E-state index contributed by atoms with van der Waals surface area (Å²) in [6.07, 6.45) is 2.15. The summed E-state index contributed by atoms with van der Waals surface area (Å²) < 4.78 is 9.61. The molecule has 1 atom stereocenters. The monoisotopic (exact) mass is 614 g/mol. The molecule has 1 fully saturated rings. The second-order valence-electron chi connectivity index (χ2n) is 9.19. The number of halogens is 4. The number of nitrogens with zero attached hydrogens (tertiary/aromatic N) is 3. The minimum Gasteiger partial charge on any atom is -0.448 e. The Balaban J connectivity index is 1.41. The lowest BCUT2D eigenvalue weighted by Crippen LogP contribution is -2.22. The van der Waals surface area contributed by atoms with E-state index < -0.39 is 6.23 Å². The van der Waals surface area contributed by atoms with E-state index >= 15 is 0 Å². The molecular formula is C28H22BrCl3N4O. The number of hydrazone groups is 1. The van der Waals surface area contributed by atoms with Crippen LogP contribution < -0.4 is 5.43 Å². The Morgan fingerprint density at radius 3 is 2.35 bits per heavy atom. The number of imidazole rings is 1. The summed E-state index contributed by atoms with van der Waals surface area (Å²) in [5, 5.41) is 6.45. The highest BCUT2D eigenvalue weighted by Crippen LogP contribution is 2.51. The number of nitrogens with one attached hydrogen (secondary N) is 1. The first-order valence-electron chi connectivity index (χ1n) is 12.0. The Morgan fingerprint density at radius 2 is 1.70 bits per heavy atom. The normalized spacial score (nSPS) is 17.8. The number of hydrogen-bond donors (Lipinski definition) is 1. The van der Waals surface area contributed by atoms with Crippen LogP contribution in [0.15, 0.2) is 76.3 Å². The molecule has 1 aromatic heterocycles. The molecule has 1 aliphatic carbocycles. The van der Waals surface area contributed by atoms with E-state index in [0.29, 0.717) is 26.8 Å². The van der Waals surface area contributed by atoms with Crippen LogP contribution in [0.5, 0.6) is 0 Å². The molecule has 1 N–H and O–H groups in total. The molecule has 3 aromatic carbocycles. The fourth-order valence-corrected chi connectivity index (χ4v) is 5.76. The van der Waals surface area contributed by atoms with Gasteiger partial charge in [0.05, 0.1) is 16.1 Å². The molecule has 1 saturated carbocycles. The lowest BCUT2D eigenvalue weighted by atomic mass is 9.96. The van der Waals surface area contributed by atoms with Gasteiger partial charge in [-0.1, -0.05) is 69.8 Å². The summed E-state index contributed by atoms with van der Waals surface area (Å²) in [4.78, 5) is 5.09. The van der Waals surface area contributed by atoms with Crippen LogP contribution in [0.3, 0.4) is 0 Å². The van der Waals surface area contributed by atoms with Crippen LogP contribution in [0.25, 0.3) is 17.1 Å². The quantitative estimate of drug-likeness (QED) is 0.236. The van der Waals surface area contributed by atoms with Gasteiger partial charge in [-0.25, -0.2) is 4.98 Å². The summed E-state index contributed by atoms with van der Waals surface area (Å²) in [5.41, 5.74) is 7.67. The molecule has 0 bridgehead atoms. The van der Waals surface area contributed by atoms with Crippen molar-refractivity contribution in [2.45, 2.75) is 37.8 Å². The van der Waals surface area contributed by atoms with Crippen molar-refractivity contribution in [3.8, 4) is 17.1 Å². The molecular weight excluding hydrogens is 595 g/mol. The second-order valence-corrected chi connectivity index (χ2v) is 11.4. The van der Waals surface area contributed by atoms with Gasteiger partial charge in [0.25, 0.3) is 0 Å². The second kappa shape index (κ2) is 9.66. The van der Waals surface area contributed by atoms with Crippen LogP contribution in [0.2, 0.25) is 15.1 Å². The summed E-state index contributed by atoms with van der Waals surface area (Å²) >= 11 is 22.5. The molecule has 0 amide bonds. The van der Waals surface area contributed by atoms with Gasteiger partial charge in [-0.05, 0) is 79.4 Å². The molecule has 0 spiro atoms. The van der Waals surface area contributed by atoms with Gasteiger partial charge in [0.2, 0.25) is 12.1 Å². The molecule has 9 heteroatoms. The Kier molecular flexibility index (Phi) is 6.48. The van der Waals surface area contributed by atoms with Gasteiger partial charge in [-0.2, -0.15) is 0 Å². The van der Waals surface area contributed by atoms with Crippen molar-refractivity contribution >= 4 is 56.6 Å². The molecule has 4 aromatic rings.